The van der Waals surface area contributed by atoms with Crippen molar-refractivity contribution in [1.29, 1.82) is 0 Å². The fraction of sp³-hybridized carbons (Fsp3) is 0.550. The molecule has 1 aliphatic rings. The zero-order chi connectivity index (χ0) is 18.5. The largest absolute Gasteiger partial charge is 0.497 e. The van der Waals surface area contributed by atoms with Crippen molar-refractivity contribution in [1.82, 2.24) is 20.0 Å². The van der Waals surface area contributed by atoms with Gasteiger partial charge in [-0.05, 0) is 31.5 Å². The van der Waals surface area contributed by atoms with E-state index >= 15 is 0 Å². The fourth-order valence-corrected chi connectivity index (χ4v) is 3.58. The second-order valence-corrected chi connectivity index (χ2v) is 6.84. The standard InChI is InChI=1S/C20H30N4O2/c1-15-19(16(2)23(3)22-15)13-21-14-20(24-9-11-26-12-10-24)17-5-7-18(25-4)8-6-17/h5-8,20-21H,9-14H2,1-4H3/t20-/m0/s1. The molecule has 0 amide bonds. The molecule has 0 spiro atoms. The van der Waals surface area contributed by atoms with E-state index < -0.39 is 0 Å². The number of aryl methyl sites for hydroxylation is 2. The minimum absolute atomic E-state index is 0.321. The molecule has 0 radical (unpaired) electrons. The lowest BCUT2D eigenvalue weighted by molar-refractivity contribution is 0.0161. The first-order valence-electron chi connectivity index (χ1n) is 9.25. The highest BCUT2D eigenvalue weighted by atomic mass is 16.5. The molecule has 1 atom stereocenters. The monoisotopic (exact) mass is 358 g/mol. The zero-order valence-corrected chi connectivity index (χ0v) is 16.3. The van der Waals surface area contributed by atoms with E-state index in [1.807, 2.05) is 23.9 Å². The highest BCUT2D eigenvalue weighted by Crippen LogP contribution is 2.24. The summed E-state index contributed by atoms with van der Waals surface area (Å²) in [4.78, 5) is 2.50. The van der Waals surface area contributed by atoms with E-state index in [4.69, 9.17) is 9.47 Å². The van der Waals surface area contributed by atoms with Crippen LogP contribution in [0.5, 0.6) is 5.75 Å². The van der Waals surface area contributed by atoms with Crippen LogP contribution in [0.1, 0.15) is 28.6 Å². The Hall–Kier alpha value is -1.89. The highest BCUT2D eigenvalue weighted by molar-refractivity contribution is 5.30. The second-order valence-electron chi connectivity index (χ2n) is 6.84. The van der Waals surface area contributed by atoms with E-state index in [2.05, 4.69) is 41.3 Å². The summed E-state index contributed by atoms with van der Waals surface area (Å²) in [7, 11) is 3.70. The molecule has 1 aromatic carbocycles. The van der Waals surface area contributed by atoms with Crippen molar-refractivity contribution in [3.8, 4) is 5.75 Å². The van der Waals surface area contributed by atoms with Crippen LogP contribution in [0.4, 0.5) is 0 Å². The van der Waals surface area contributed by atoms with Crippen LogP contribution in [0.25, 0.3) is 0 Å². The average Bonchev–Trinajstić information content (AvgIpc) is 2.92. The summed E-state index contributed by atoms with van der Waals surface area (Å²) < 4.78 is 12.8. The molecule has 6 heteroatoms. The zero-order valence-electron chi connectivity index (χ0n) is 16.3. The maximum Gasteiger partial charge on any atom is 0.118 e. The summed E-state index contributed by atoms with van der Waals surface area (Å²) in [5.41, 5.74) is 4.93. The molecule has 26 heavy (non-hydrogen) atoms. The molecule has 0 aliphatic carbocycles. The van der Waals surface area contributed by atoms with Crippen molar-refractivity contribution in [2.45, 2.75) is 26.4 Å². The van der Waals surface area contributed by atoms with Gasteiger partial charge in [-0.15, -0.1) is 0 Å². The summed E-state index contributed by atoms with van der Waals surface area (Å²) >= 11 is 0. The molecule has 6 nitrogen and oxygen atoms in total. The summed E-state index contributed by atoms with van der Waals surface area (Å²) in [6.45, 7) is 9.45. The van der Waals surface area contributed by atoms with Gasteiger partial charge >= 0.3 is 0 Å². The van der Waals surface area contributed by atoms with Gasteiger partial charge in [0.25, 0.3) is 0 Å². The lowest BCUT2D eigenvalue weighted by Gasteiger charge is -2.35. The molecule has 2 aromatic rings. The molecule has 1 aromatic heterocycles. The minimum atomic E-state index is 0.321. The van der Waals surface area contributed by atoms with Gasteiger partial charge in [0.05, 0.1) is 26.0 Å². The maximum absolute atomic E-state index is 5.54. The number of methoxy groups -OCH3 is 1. The van der Waals surface area contributed by atoms with Crippen molar-refractivity contribution in [2.24, 2.45) is 7.05 Å². The van der Waals surface area contributed by atoms with Crippen molar-refractivity contribution in [3.05, 3.63) is 46.8 Å². The van der Waals surface area contributed by atoms with Gasteiger partial charge in [0.1, 0.15) is 5.75 Å². The lowest BCUT2D eigenvalue weighted by atomic mass is 10.0. The van der Waals surface area contributed by atoms with E-state index in [1.54, 1.807) is 7.11 Å². The van der Waals surface area contributed by atoms with E-state index in [0.29, 0.717) is 6.04 Å². The molecule has 2 heterocycles. The fourth-order valence-electron chi connectivity index (χ4n) is 3.58. The van der Waals surface area contributed by atoms with Gasteiger partial charge in [0, 0.05) is 50.5 Å². The molecule has 1 aliphatic heterocycles. The van der Waals surface area contributed by atoms with E-state index in [0.717, 1.165) is 50.8 Å². The molecule has 1 saturated heterocycles. The van der Waals surface area contributed by atoms with Crippen LogP contribution in [0.2, 0.25) is 0 Å². The van der Waals surface area contributed by atoms with Crippen LogP contribution >= 0.6 is 0 Å². The van der Waals surface area contributed by atoms with Crippen molar-refractivity contribution in [2.75, 3.05) is 40.0 Å². The molecule has 142 valence electrons. The van der Waals surface area contributed by atoms with Crippen molar-refractivity contribution >= 4 is 0 Å². The number of nitrogens with one attached hydrogen (secondary N) is 1. The quantitative estimate of drug-likeness (QED) is 0.822. The first kappa shape index (κ1) is 18.9. The third kappa shape index (κ3) is 4.26. The molecule has 3 rings (SSSR count). The number of aromatic nitrogens is 2. The van der Waals surface area contributed by atoms with Crippen molar-refractivity contribution in [3.63, 3.8) is 0 Å². The number of nitrogens with zero attached hydrogens (tertiary/aromatic N) is 3. The Kier molecular flexibility index (Phi) is 6.29. The molecule has 0 unspecified atom stereocenters. The summed E-state index contributed by atoms with van der Waals surface area (Å²) in [6, 6.07) is 8.74. The van der Waals surface area contributed by atoms with E-state index in [9.17, 15) is 0 Å². The summed E-state index contributed by atoms with van der Waals surface area (Å²) in [5, 5.41) is 8.17. The highest BCUT2D eigenvalue weighted by Gasteiger charge is 2.22. The van der Waals surface area contributed by atoms with Crippen LogP contribution in [-0.2, 0) is 18.3 Å². The molecular weight excluding hydrogens is 328 g/mol. The first-order chi connectivity index (χ1) is 12.6. The third-order valence-corrected chi connectivity index (χ3v) is 5.29. The predicted octanol–water partition coefficient (Wildman–Crippen LogP) is 2.21. The van der Waals surface area contributed by atoms with Gasteiger partial charge in [-0.3, -0.25) is 9.58 Å². The number of hydrogen-bond donors (Lipinski definition) is 1. The molecule has 1 N–H and O–H groups in total. The van der Waals surface area contributed by atoms with Crippen LogP contribution in [0.15, 0.2) is 24.3 Å². The van der Waals surface area contributed by atoms with Gasteiger partial charge in [0.15, 0.2) is 0 Å². The van der Waals surface area contributed by atoms with Crippen LogP contribution in [0.3, 0.4) is 0 Å². The Labute approximate surface area is 156 Å². The molecule has 1 fully saturated rings. The minimum Gasteiger partial charge on any atom is -0.497 e. The molecular formula is C20H30N4O2. The predicted molar refractivity (Wildman–Crippen MR) is 103 cm³/mol. The van der Waals surface area contributed by atoms with E-state index in [1.165, 1.54) is 16.8 Å². The van der Waals surface area contributed by atoms with Crippen LogP contribution in [-0.4, -0.2) is 54.6 Å². The second kappa shape index (κ2) is 8.66. The van der Waals surface area contributed by atoms with Gasteiger partial charge in [-0.25, -0.2) is 0 Å². The lowest BCUT2D eigenvalue weighted by Crippen LogP contribution is -2.42. The Bertz CT molecular complexity index is 705. The Morgan fingerprint density at radius 3 is 2.46 bits per heavy atom. The third-order valence-electron chi connectivity index (χ3n) is 5.29. The van der Waals surface area contributed by atoms with E-state index in [-0.39, 0.29) is 0 Å². The first-order valence-corrected chi connectivity index (χ1v) is 9.25. The molecule has 0 bridgehead atoms. The number of rotatable bonds is 7. The Morgan fingerprint density at radius 1 is 1.19 bits per heavy atom. The number of benzene rings is 1. The number of ether oxygens (including phenoxy) is 2. The average molecular weight is 358 g/mol. The van der Waals surface area contributed by atoms with Gasteiger partial charge in [0.2, 0.25) is 0 Å². The normalized spacial score (nSPS) is 16.6. The van der Waals surface area contributed by atoms with Crippen LogP contribution < -0.4 is 10.1 Å². The Balaban J connectivity index is 1.70. The maximum atomic E-state index is 5.54. The Morgan fingerprint density at radius 2 is 1.88 bits per heavy atom. The van der Waals surface area contributed by atoms with Gasteiger partial charge < -0.3 is 14.8 Å². The van der Waals surface area contributed by atoms with Gasteiger partial charge in [-0.2, -0.15) is 5.10 Å². The van der Waals surface area contributed by atoms with Crippen molar-refractivity contribution < 1.29 is 9.47 Å². The molecule has 0 saturated carbocycles. The summed E-state index contributed by atoms with van der Waals surface area (Å²) in [6.07, 6.45) is 0. The topological polar surface area (TPSA) is 51.5 Å². The number of hydrogen-bond acceptors (Lipinski definition) is 5. The van der Waals surface area contributed by atoms with Gasteiger partial charge in [-0.1, -0.05) is 12.1 Å². The summed E-state index contributed by atoms with van der Waals surface area (Å²) in [5.74, 6) is 0.893. The smallest absolute Gasteiger partial charge is 0.118 e. The number of morpholine rings is 1. The van der Waals surface area contributed by atoms with Crippen LogP contribution in [0, 0.1) is 13.8 Å². The SMILES string of the molecule is COc1ccc([C@H](CNCc2c(C)nn(C)c2C)N2CCOCC2)cc1.